The van der Waals surface area contributed by atoms with Crippen LogP contribution in [-0.4, -0.2) is 13.7 Å². The molecule has 0 amide bonds. The van der Waals surface area contributed by atoms with Crippen LogP contribution >= 0.6 is 11.6 Å². The van der Waals surface area contributed by atoms with Gasteiger partial charge in [-0.2, -0.15) is 18.4 Å². The molecule has 1 rings (SSSR count). The first-order valence-corrected chi connectivity index (χ1v) is 7.31. The van der Waals surface area contributed by atoms with Gasteiger partial charge in [0.15, 0.2) is 5.25 Å². The predicted octanol–water partition coefficient (Wildman–Crippen LogP) is 3.40. The maximum Gasteiger partial charge on any atom is 0.416 e. The standard InChI is InChI=1S/C11H10ClF3N2O2S/c1-2-10(6-16)20(18,19)17-9-4-7(11(13,14)15)3-8(12)5-9/h3-5,10,17H,2H2,1H3. The number of nitrogens with zero attached hydrogens (tertiary/aromatic N) is 1. The molecule has 0 aliphatic rings. The summed E-state index contributed by atoms with van der Waals surface area (Å²) in [6, 6.07) is 3.91. The molecule has 110 valence electrons. The number of hydrogen-bond donors (Lipinski definition) is 1. The van der Waals surface area contributed by atoms with Gasteiger partial charge in [0.25, 0.3) is 0 Å². The van der Waals surface area contributed by atoms with Crippen molar-refractivity contribution in [2.24, 2.45) is 0 Å². The first-order valence-electron chi connectivity index (χ1n) is 5.39. The Morgan fingerprint density at radius 2 is 2.00 bits per heavy atom. The van der Waals surface area contributed by atoms with E-state index in [9.17, 15) is 21.6 Å². The summed E-state index contributed by atoms with van der Waals surface area (Å²) in [5.41, 5.74) is -1.41. The zero-order valence-electron chi connectivity index (χ0n) is 10.2. The van der Waals surface area contributed by atoms with Crippen molar-refractivity contribution in [3.63, 3.8) is 0 Å². The third-order valence-corrected chi connectivity index (χ3v) is 4.30. The van der Waals surface area contributed by atoms with E-state index in [1.165, 1.54) is 6.92 Å². The van der Waals surface area contributed by atoms with E-state index in [0.29, 0.717) is 12.1 Å². The quantitative estimate of drug-likeness (QED) is 0.921. The molecule has 0 spiro atoms. The van der Waals surface area contributed by atoms with E-state index in [1.807, 2.05) is 4.72 Å². The van der Waals surface area contributed by atoms with Crippen molar-refractivity contribution in [1.29, 1.82) is 5.26 Å². The zero-order chi connectivity index (χ0) is 15.6. The number of hydrogen-bond acceptors (Lipinski definition) is 3. The van der Waals surface area contributed by atoms with Gasteiger partial charge in [-0.05, 0) is 24.6 Å². The summed E-state index contributed by atoms with van der Waals surface area (Å²) in [5.74, 6) is 0. The van der Waals surface area contributed by atoms with E-state index >= 15 is 0 Å². The van der Waals surface area contributed by atoms with Crippen LogP contribution in [0.5, 0.6) is 0 Å². The first-order chi connectivity index (χ1) is 9.10. The highest BCUT2D eigenvalue weighted by Gasteiger charge is 2.32. The van der Waals surface area contributed by atoms with Crippen molar-refractivity contribution in [3.8, 4) is 6.07 Å². The minimum absolute atomic E-state index is 0.0124. The lowest BCUT2D eigenvalue weighted by molar-refractivity contribution is -0.137. The second-order valence-corrected chi connectivity index (χ2v) is 6.20. The number of benzene rings is 1. The summed E-state index contributed by atoms with van der Waals surface area (Å²) < 4.78 is 63.2. The van der Waals surface area contributed by atoms with Crippen LogP contribution in [0.1, 0.15) is 18.9 Å². The lowest BCUT2D eigenvalue weighted by Crippen LogP contribution is -2.26. The van der Waals surface area contributed by atoms with Gasteiger partial charge in [-0.15, -0.1) is 0 Å². The molecule has 0 aromatic heterocycles. The van der Waals surface area contributed by atoms with E-state index in [4.69, 9.17) is 16.9 Å². The molecule has 9 heteroatoms. The number of halogens is 4. The fraction of sp³-hybridized carbons (Fsp3) is 0.364. The molecule has 0 aliphatic carbocycles. The largest absolute Gasteiger partial charge is 0.416 e. The second kappa shape index (κ2) is 5.89. The van der Waals surface area contributed by atoms with Gasteiger partial charge in [-0.1, -0.05) is 18.5 Å². The number of rotatable bonds is 4. The van der Waals surface area contributed by atoms with Crippen LogP contribution in [0.2, 0.25) is 5.02 Å². The third kappa shape index (κ3) is 4.02. The van der Waals surface area contributed by atoms with Gasteiger partial charge in [0.1, 0.15) is 0 Å². The molecule has 0 bridgehead atoms. The molecular weight excluding hydrogens is 317 g/mol. The van der Waals surface area contributed by atoms with Crippen LogP contribution in [-0.2, 0) is 16.2 Å². The molecule has 0 heterocycles. The molecule has 1 aromatic carbocycles. The maximum atomic E-state index is 12.6. The minimum Gasteiger partial charge on any atom is -0.282 e. The monoisotopic (exact) mass is 326 g/mol. The third-order valence-electron chi connectivity index (χ3n) is 2.37. The Hall–Kier alpha value is -1.46. The molecule has 0 radical (unpaired) electrons. The molecule has 4 nitrogen and oxygen atoms in total. The van der Waals surface area contributed by atoms with Gasteiger partial charge in [0.05, 0.1) is 17.3 Å². The van der Waals surface area contributed by atoms with Gasteiger partial charge in [-0.3, -0.25) is 4.72 Å². The zero-order valence-corrected chi connectivity index (χ0v) is 11.8. The number of nitrogens with one attached hydrogen (secondary N) is 1. The normalized spacial score (nSPS) is 13.6. The Bertz CT molecular complexity index is 638. The Labute approximate surface area is 119 Å². The predicted molar refractivity (Wildman–Crippen MR) is 68.7 cm³/mol. The van der Waals surface area contributed by atoms with Crippen LogP contribution in [0.4, 0.5) is 18.9 Å². The molecule has 1 aromatic rings. The van der Waals surface area contributed by atoms with E-state index in [2.05, 4.69) is 0 Å². The summed E-state index contributed by atoms with van der Waals surface area (Å²) in [7, 11) is -4.09. The lowest BCUT2D eigenvalue weighted by Gasteiger charge is -2.14. The van der Waals surface area contributed by atoms with Gasteiger partial charge in [0, 0.05) is 5.02 Å². The molecule has 0 fully saturated rings. The highest BCUT2D eigenvalue weighted by molar-refractivity contribution is 7.93. The average Bonchev–Trinajstić information content (AvgIpc) is 2.27. The van der Waals surface area contributed by atoms with Crippen LogP contribution in [0, 0.1) is 11.3 Å². The average molecular weight is 327 g/mol. The summed E-state index contributed by atoms with van der Waals surface area (Å²) in [5, 5.41) is 7.09. The van der Waals surface area contributed by atoms with Crippen molar-refractivity contribution in [3.05, 3.63) is 28.8 Å². The highest BCUT2D eigenvalue weighted by atomic mass is 35.5. The van der Waals surface area contributed by atoms with Crippen molar-refractivity contribution in [2.45, 2.75) is 24.8 Å². The van der Waals surface area contributed by atoms with E-state index in [-0.39, 0.29) is 17.1 Å². The summed E-state index contributed by atoms with van der Waals surface area (Å²) in [4.78, 5) is 0. The smallest absolute Gasteiger partial charge is 0.282 e. The first kappa shape index (κ1) is 16.6. The molecule has 1 N–H and O–H groups in total. The molecule has 0 saturated carbocycles. The lowest BCUT2D eigenvalue weighted by atomic mass is 10.2. The number of sulfonamides is 1. The maximum absolute atomic E-state index is 12.6. The van der Waals surface area contributed by atoms with Crippen molar-refractivity contribution < 1.29 is 21.6 Å². The summed E-state index contributed by atoms with van der Waals surface area (Å²) in [6.45, 7) is 1.48. The summed E-state index contributed by atoms with van der Waals surface area (Å²) >= 11 is 5.53. The van der Waals surface area contributed by atoms with Crippen LogP contribution < -0.4 is 4.72 Å². The van der Waals surface area contributed by atoms with Gasteiger partial charge in [0.2, 0.25) is 10.0 Å². The van der Waals surface area contributed by atoms with Gasteiger partial charge >= 0.3 is 6.18 Å². The molecule has 20 heavy (non-hydrogen) atoms. The Kier molecular flexibility index (Phi) is 4.89. The van der Waals surface area contributed by atoms with Gasteiger partial charge < -0.3 is 0 Å². The molecule has 1 unspecified atom stereocenters. The van der Waals surface area contributed by atoms with Crippen LogP contribution in [0.3, 0.4) is 0 Å². The van der Waals surface area contributed by atoms with Crippen molar-refractivity contribution >= 4 is 27.3 Å². The number of nitriles is 1. The molecule has 1 atom stereocenters. The highest BCUT2D eigenvalue weighted by Crippen LogP contribution is 2.33. The molecular formula is C11H10ClF3N2O2S. The SMILES string of the molecule is CCC(C#N)S(=O)(=O)Nc1cc(Cl)cc(C(F)(F)F)c1. The Morgan fingerprint density at radius 1 is 1.40 bits per heavy atom. The number of alkyl halides is 3. The second-order valence-electron chi connectivity index (χ2n) is 3.90. The van der Waals surface area contributed by atoms with Gasteiger partial charge in [-0.25, -0.2) is 8.42 Å². The molecule has 0 saturated heterocycles. The Morgan fingerprint density at radius 3 is 2.45 bits per heavy atom. The fourth-order valence-corrected chi connectivity index (χ4v) is 2.83. The number of anilines is 1. The van der Waals surface area contributed by atoms with Crippen LogP contribution in [0.25, 0.3) is 0 Å². The van der Waals surface area contributed by atoms with E-state index < -0.39 is 27.0 Å². The fourth-order valence-electron chi connectivity index (χ4n) is 1.43. The Balaban J connectivity index is 3.17. The minimum atomic E-state index is -4.65. The van der Waals surface area contributed by atoms with Crippen LogP contribution in [0.15, 0.2) is 18.2 Å². The molecule has 0 aliphatic heterocycles. The van der Waals surface area contributed by atoms with E-state index in [1.54, 1.807) is 6.07 Å². The summed E-state index contributed by atoms with van der Waals surface area (Å²) in [6.07, 6.45) is -4.64. The van der Waals surface area contributed by atoms with Crippen molar-refractivity contribution in [1.82, 2.24) is 0 Å². The van der Waals surface area contributed by atoms with E-state index in [0.717, 1.165) is 6.07 Å². The van der Waals surface area contributed by atoms with Crippen molar-refractivity contribution in [2.75, 3.05) is 4.72 Å². The topological polar surface area (TPSA) is 70.0 Å².